The average Bonchev–Trinajstić information content (AvgIpc) is 2.76. The molecule has 0 aliphatic heterocycles. The van der Waals surface area contributed by atoms with Crippen molar-refractivity contribution in [2.24, 2.45) is 0 Å². The van der Waals surface area contributed by atoms with Gasteiger partial charge in [-0.25, -0.2) is 4.39 Å². The molecule has 5 heteroatoms. The zero-order valence-electron chi connectivity index (χ0n) is 11.1. The number of imidazole rings is 1. The van der Waals surface area contributed by atoms with Crippen molar-refractivity contribution in [1.82, 2.24) is 9.55 Å². The van der Waals surface area contributed by atoms with Gasteiger partial charge in [0.25, 0.3) is 0 Å². The lowest BCUT2D eigenvalue weighted by atomic mass is 10.2. The van der Waals surface area contributed by atoms with Crippen LogP contribution in [0.3, 0.4) is 0 Å². The summed E-state index contributed by atoms with van der Waals surface area (Å²) in [4.78, 5) is 3.12. The molecule has 0 spiro atoms. The minimum atomic E-state index is -0.287. The highest BCUT2D eigenvalue weighted by atomic mass is 32.1. The molecule has 0 aliphatic carbocycles. The molecule has 3 nitrogen and oxygen atoms in total. The van der Waals surface area contributed by atoms with Crippen LogP contribution in [0.25, 0.3) is 16.7 Å². The fourth-order valence-electron chi connectivity index (χ4n) is 2.27. The van der Waals surface area contributed by atoms with Gasteiger partial charge >= 0.3 is 0 Å². The molecular formula is C15H13FN2OS. The second kappa shape index (κ2) is 4.76. The molecule has 0 saturated carbocycles. The Bertz CT molecular complexity index is 851. The Balaban J connectivity index is 2.37. The second-order valence-electron chi connectivity index (χ2n) is 4.58. The SMILES string of the molecule is COc1ccc2[nH]c(=S)n(-c3cc(F)ccc3C)c2c1. The lowest BCUT2D eigenvalue weighted by Gasteiger charge is -2.09. The van der Waals surface area contributed by atoms with Crippen LogP contribution >= 0.6 is 12.2 Å². The number of benzene rings is 2. The van der Waals surface area contributed by atoms with Crippen LogP contribution in [0.4, 0.5) is 4.39 Å². The zero-order chi connectivity index (χ0) is 14.3. The van der Waals surface area contributed by atoms with Crippen molar-refractivity contribution in [2.45, 2.75) is 6.92 Å². The van der Waals surface area contributed by atoms with Crippen LogP contribution in [0.15, 0.2) is 36.4 Å². The number of halogens is 1. The number of hydrogen-bond acceptors (Lipinski definition) is 2. The molecule has 3 rings (SSSR count). The minimum Gasteiger partial charge on any atom is -0.497 e. The summed E-state index contributed by atoms with van der Waals surface area (Å²) in [5, 5.41) is 0. The van der Waals surface area contributed by atoms with Crippen LogP contribution in [0.2, 0.25) is 0 Å². The van der Waals surface area contributed by atoms with E-state index in [9.17, 15) is 4.39 Å². The van der Waals surface area contributed by atoms with Gasteiger partial charge in [-0.15, -0.1) is 0 Å². The number of aromatic amines is 1. The lowest BCUT2D eigenvalue weighted by Crippen LogP contribution is -1.98. The van der Waals surface area contributed by atoms with E-state index < -0.39 is 0 Å². The molecule has 0 fully saturated rings. The van der Waals surface area contributed by atoms with E-state index in [1.165, 1.54) is 12.1 Å². The number of nitrogens with zero attached hydrogens (tertiary/aromatic N) is 1. The quantitative estimate of drug-likeness (QED) is 0.718. The highest BCUT2D eigenvalue weighted by Gasteiger charge is 2.10. The van der Waals surface area contributed by atoms with Crippen molar-refractivity contribution in [3.8, 4) is 11.4 Å². The van der Waals surface area contributed by atoms with E-state index >= 15 is 0 Å². The van der Waals surface area contributed by atoms with E-state index in [1.54, 1.807) is 13.2 Å². The Morgan fingerprint density at radius 2 is 2.00 bits per heavy atom. The molecule has 0 radical (unpaired) electrons. The molecule has 102 valence electrons. The summed E-state index contributed by atoms with van der Waals surface area (Å²) in [7, 11) is 1.61. The third kappa shape index (κ3) is 2.00. The number of aromatic nitrogens is 2. The summed E-state index contributed by atoms with van der Waals surface area (Å²) >= 11 is 5.36. The fraction of sp³-hybridized carbons (Fsp3) is 0.133. The molecule has 0 saturated heterocycles. The number of ether oxygens (including phenoxy) is 1. The largest absolute Gasteiger partial charge is 0.497 e. The van der Waals surface area contributed by atoms with Crippen LogP contribution in [-0.4, -0.2) is 16.7 Å². The Morgan fingerprint density at radius 1 is 1.20 bits per heavy atom. The third-order valence-corrected chi connectivity index (χ3v) is 3.59. The summed E-state index contributed by atoms with van der Waals surface area (Å²) < 4.78 is 21.1. The maximum Gasteiger partial charge on any atom is 0.182 e. The van der Waals surface area contributed by atoms with Crippen LogP contribution in [-0.2, 0) is 0 Å². The van der Waals surface area contributed by atoms with Gasteiger partial charge in [-0.05, 0) is 49.0 Å². The van der Waals surface area contributed by atoms with Gasteiger partial charge in [0.2, 0.25) is 0 Å². The first kappa shape index (κ1) is 12.9. The number of nitrogens with one attached hydrogen (secondary N) is 1. The van der Waals surface area contributed by atoms with Crippen molar-refractivity contribution in [2.75, 3.05) is 7.11 Å². The van der Waals surface area contributed by atoms with E-state index in [2.05, 4.69) is 4.98 Å². The van der Waals surface area contributed by atoms with Gasteiger partial charge in [0, 0.05) is 6.07 Å². The topological polar surface area (TPSA) is 29.9 Å². The van der Waals surface area contributed by atoms with Crippen molar-refractivity contribution >= 4 is 23.3 Å². The number of rotatable bonds is 2. The number of H-pyrrole nitrogens is 1. The van der Waals surface area contributed by atoms with Gasteiger partial charge in [-0.3, -0.25) is 4.57 Å². The Kier molecular flexibility index (Phi) is 3.06. The molecule has 2 aromatic carbocycles. The summed E-state index contributed by atoms with van der Waals surface area (Å²) in [5.74, 6) is 0.444. The Labute approximate surface area is 120 Å². The molecule has 20 heavy (non-hydrogen) atoms. The van der Waals surface area contributed by atoms with Gasteiger partial charge in [0.05, 0.1) is 23.8 Å². The number of fused-ring (bicyclic) bond motifs is 1. The Morgan fingerprint density at radius 3 is 2.75 bits per heavy atom. The monoisotopic (exact) mass is 288 g/mol. The van der Waals surface area contributed by atoms with E-state index in [0.29, 0.717) is 4.77 Å². The van der Waals surface area contributed by atoms with Gasteiger partial charge in [-0.2, -0.15) is 0 Å². The smallest absolute Gasteiger partial charge is 0.182 e. The molecule has 1 N–H and O–H groups in total. The second-order valence-corrected chi connectivity index (χ2v) is 4.97. The zero-order valence-corrected chi connectivity index (χ0v) is 11.9. The van der Waals surface area contributed by atoms with Gasteiger partial charge in [0.15, 0.2) is 4.77 Å². The van der Waals surface area contributed by atoms with Gasteiger partial charge in [-0.1, -0.05) is 6.07 Å². The maximum atomic E-state index is 13.5. The molecule has 0 aliphatic rings. The van der Waals surface area contributed by atoms with Crippen molar-refractivity contribution in [3.63, 3.8) is 0 Å². The standard InChI is InChI=1S/C15H13FN2OS/c1-9-3-4-10(16)7-13(9)18-14-8-11(19-2)5-6-12(14)17-15(18)20/h3-8H,1-2H3,(H,17,20). The molecule has 0 bridgehead atoms. The predicted octanol–water partition coefficient (Wildman–Crippen LogP) is 4.14. The van der Waals surface area contributed by atoms with Crippen LogP contribution < -0.4 is 4.74 Å². The van der Waals surface area contributed by atoms with E-state index in [-0.39, 0.29) is 5.82 Å². The Hall–Kier alpha value is -2.14. The first-order valence-corrected chi connectivity index (χ1v) is 6.56. The number of aryl methyl sites for hydroxylation is 1. The molecule has 3 aromatic rings. The first-order chi connectivity index (χ1) is 9.60. The predicted molar refractivity (Wildman–Crippen MR) is 79.7 cm³/mol. The molecule has 1 heterocycles. The lowest BCUT2D eigenvalue weighted by molar-refractivity contribution is 0.415. The summed E-state index contributed by atoms with van der Waals surface area (Å²) in [6.07, 6.45) is 0. The molecule has 0 amide bonds. The summed E-state index contributed by atoms with van der Waals surface area (Å²) in [6, 6.07) is 10.3. The van der Waals surface area contributed by atoms with Crippen molar-refractivity contribution in [1.29, 1.82) is 0 Å². The van der Waals surface area contributed by atoms with Gasteiger partial charge < -0.3 is 9.72 Å². The van der Waals surface area contributed by atoms with Crippen molar-refractivity contribution < 1.29 is 9.13 Å². The fourth-order valence-corrected chi connectivity index (χ4v) is 2.58. The highest BCUT2D eigenvalue weighted by molar-refractivity contribution is 7.71. The minimum absolute atomic E-state index is 0.287. The third-order valence-electron chi connectivity index (χ3n) is 3.30. The summed E-state index contributed by atoms with van der Waals surface area (Å²) in [6.45, 7) is 1.93. The first-order valence-electron chi connectivity index (χ1n) is 6.15. The summed E-state index contributed by atoms with van der Waals surface area (Å²) in [5.41, 5.74) is 3.43. The number of hydrogen-bond donors (Lipinski definition) is 1. The average molecular weight is 288 g/mol. The van der Waals surface area contributed by atoms with Crippen LogP contribution in [0, 0.1) is 17.5 Å². The molecule has 0 unspecified atom stereocenters. The molecular weight excluding hydrogens is 275 g/mol. The van der Waals surface area contributed by atoms with E-state index in [1.807, 2.05) is 29.7 Å². The van der Waals surface area contributed by atoms with Crippen molar-refractivity contribution in [3.05, 3.63) is 52.5 Å². The van der Waals surface area contributed by atoms with E-state index in [0.717, 1.165) is 28.0 Å². The highest BCUT2D eigenvalue weighted by Crippen LogP contribution is 2.25. The van der Waals surface area contributed by atoms with Gasteiger partial charge in [0.1, 0.15) is 11.6 Å². The molecule has 0 atom stereocenters. The van der Waals surface area contributed by atoms with Crippen LogP contribution in [0.1, 0.15) is 5.56 Å². The normalized spacial score (nSPS) is 10.9. The van der Waals surface area contributed by atoms with E-state index in [4.69, 9.17) is 17.0 Å². The van der Waals surface area contributed by atoms with Crippen LogP contribution in [0.5, 0.6) is 5.75 Å². The maximum absolute atomic E-state index is 13.5. The number of methoxy groups -OCH3 is 1. The molecule has 1 aromatic heterocycles.